The zero-order chi connectivity index (χ0) is 17.6. The molecule has 4 aromatic carbocycles. The van der Waals surface area contributed by atoms with Gasteiger partial charge in [-0.2, -0.15) is 35.9 Å². The van der Waals surface area contributed by atoms with Crippen LogP contribution in [0.2, 0.25) is 0 Å². The fourth-order valence-electron chi connectivity index (χ4n) is 3.00. The molecule has 128 valence electrons. The topological polar surface area (TPSA) is 9.23 Å². The van der Waals surface area contributed by atoms with Crippen LogP contribution in [0.5, 0.6) is 0 Å². The van der Waals surface area contributed by atoms with Crippen LogP contribution in [0.1, 0.15) is 5.56 Å². The second kappa shape index (κ2) is 9.89. The Hall–Kier alpha value is -1.87. The van der Waals surface area contributed by atoms with E-state index < -0.39 is 8.15 Å². The standard InChI is InChI=1S/C24H20OP.Li/c1-3-9-20(10-4-1)17-18-25-26(23-13-5-2-6-14-23)24-16-15-21-11-7-8-12-22(21)19-24;/h1-9,11-16,19H,17-18H2;/q-1;+1. The van der Waals surface area contributed by atoms with Gasteiger partial charge in [0.25, 0.3) is 0 Å². The molecule has 0 aliphatic carbocycles. The molecule has 0 N–H and O–H groups in total. The Morgan fingerprint density at radius 2 is 1.44 bits per heavy atom. The fraction of sp³-hybridized carbons (Fsp3) is 0.0833. The van der Waals surface area contributed by atoms with Crippen LogP contribution in [0, 0.1) is 6.07 Å². The Labute approximate surface area is 174 Å². The summed E-state index contributed by atoms with van der Waals surface area (Å²) in [4.78, 5) is 0. The molecule has 1 unspecified atom stereocenters. The first-order valence-electron chi connectivity index (χ1n) is 8.83. The van der Waals surface area contributed by atoms with Gasteiger partial charge in [-0.05, 0) is 23.3 Å². The SMILES string of the molecule is [Li+].[c-]1ccccc1CCOP(c1ccccc1)c1ccc2ccccc2c1. The van der Waals surface area contributed by atoms with Crippen molar-refractivity contribution < 1.29 is 23.4 Å². The minimum Gasteiger partial charge on any atom is -0.349 e. The molecule has 1 atom stereocenters. The molecule has 0 bridgehead atoms. The Balaban J connectivity index is 0.00000210. The smallest absolute Gasteiger partial charge is 0.349 e. The van der Waals surface area contributed by atoms with Crippen LogP contribution in [0.3, 0.4) is 0 Å². The van der Waals surface area contributed by atoms with Crippen LogP contribution in [0.25, 0.3) is 10.8 Å². The molecule has 0 aliphatic rings. The molecule has 0 fully saturated rings. The summed E-state index contributed by atoms with van der Waals surface area (Å²) in [6.07, 6.45) is 0.875. The molecule has 3 heteroatoms. The molecule has 0 amide bonds. The van der Waals surface area contributed by atoms with Crippen molar-refractivity contribution in [1.29, 1.82) is 0 Å². The van der Waals surface area contributed by atoms with Gasteiger partial charge in [0.05, 0.1) is 14.8 Å². The van der Waals surface area contributed by atoms with Crippen molar-refractivity contribution in [1.82, 2.24) is 0 Å². The quantitative estimate of drug-likeness (QED) is 0.290. The fourth-order valence-corrected chi connectivity index (χ4v) is 4.78. The van der Waals surface area contributed by atoms with E-state index in [1.165, 1.54) is 26.9 Å². The summed E-state index contributed by atoms with van der Waals surface area (Å²) in [5.74, 6) is 0. The molecule has 0 aliphatic heterocycles. The predicted molar refractivity (Wildman–Crippen MR) is 112 cm³/mol. The molecular weight excluding hydrogens is 342 g/mol. The van der Waals surface area contributed by atoms with Gasteiger partial charge in [0, 0.05) is 10.6 Å². The first-order valence-corrected chi connectivity index (χ1v) is 10.1. The second-order valence-electron chi connectivity index (χ2n) is 6.13. The summed E-state index contributed by atoms with van der Waals surface area (Å²) >= 11 is 0. The van der Waals surface area contributed by atoms with Gasteiger partial charge in [-0.1, -0.05) is 66.7 Å². The van der Waals surface area contributed by atoms with E-state index >= 15 is 0 Å². The van der Waals surface area contributed by atoms with Crippen LogP contribution < -0.4 is 29.5 Å². The molecule has 0 aromatic heterocycles. The number of hydrogen-bond donors (Lipinski definition) is 0. The molecule has 0 radical (unpaired) electrons. The third kappa shape index (κ3) is 5.10. The number of benzene rings is 4. The van der Waals surface area contributed by atoms with Crippen molar-refractivity contribution in [3.05, 3.63) is 109 Å². The Morgan fingerprint density at radius 3 is 2.22 bits per heavy atom. The Bertz CT molecular complexity index is 973. The normalized spacial score (nSPS) is 11.7. The number of rotatable bonds is 6. The van der Waals surface area contributed by atoms with Crippen LogP contribution >= 0.6 is 8.15 Å². The minimum atomic E-state index is -0.834. The van der Waals surface area contributed by atoms with Gasteiger partial charge in [-0.3, -0.25) is 0 Å². The zero-order valence-corrected chi connectivity index (χ0v) is 16.4. The molecule has 0 spiro atoms. The Morgan fingerprint density at radius 1 is 0.704 bits per heavy atom. The maximum absolute atomic E-state index is 6.41. The zero-order valence-electron chi connectivity index (χ0n) is 15.5. The van der Waals surface area contributed by atoms with Gasteiger partial charge in [0.1, 0.15) is 0 Å². The van der Waals surface area contributed by atoms with E-state index in [-0.39, 0.29) is 18.9 Å². The summed E-state index contributed by atoms with van der Waals surface area (Å²) in [5.41, 5.74) is 1.19. The molecular formula is C24H20LiOP. The molecule has 0 saturated heterocycles. The van der Waals surface area contributed by atoms with Crippen molar-refractivity contribution in [2.24, 2.45) is 0 Å². The average molecular weight is 362 g/mol. The van der Waals surface area contributed by atoms with Gasteiger partial charge in [0.2, 0.25) is 0 Å². The largest absolute Gasteiger partial charge is 1.00 e. The van der Waals surface area contributed by atoms with E-state index in [4.69, 9.17) is 4.52 Å². The summed E-state index contributed by atoms with van der Waals surface area (Å²) in [6, 6.07) is 37.1. The molecule has 1 nitrogen and oxygen atoms in total. The van der Waals surface area contributed by atoms with Gasteiger partial charge in [0.15, 0.2) is 0 Å². The summed E-state index contributed by atoms with van der Waals surface area (Å²) in [7, 11) is -0.834. The maximum atomic E-state index is 6.41. The van der Waals surface area contributed by atoms with E-state index in [0.29, 0.717) is 6.61 Å². The first-order chi connectivity index (χ1) is 12.9. The first kappa shape index (κ1) is 19.9. The molecule has 0 heterocycles. The molecule has 4 rings (SSSR count). The van der Waals surface area contributed by atoms with Crippen molar-refractivity contribution in [2.75, 3.05) is 6.61 Å². The van der Waals surface area contributed by atoms with Crippen molar-refractivity contribution >= 4 is 29.5 Å². The van der Waals surface area contributed by atoms with Crippen LogP contribution in [-0.2, 0) is 10.9 Å². The van der Waals surface area contributed by atoms with Crippen LogP contribution in [0.4, 0.5) is 0 Å². The van der Waals surface area contributed by atoms with Crippen molar-refractivity contribution in [3.63, 3.8) is 0 Å². The summed E-state index contributed by atoms with van der Waals surface area (Å²) in [5, 5.41) is 5.02. The van der Waals surface area contributed by atoms with Gasteiger partial charge < -0.3 is 4.52 Å². The van der Waals surface area contributed by atoms with Crippen molar-refractivity contribution in [2.45, 2.75) is 6.42 Å². The van der Waals surface area contributed by atoms with E-state index in [2.05, 4.69) is 91.0 Å². The number of hydrogen-bond acceptors (Lipinski definition) is 1. The molecule has 27 heavy (non-hydrogen) atoms. The molecule has 4 aromatic rings. The van der Waals surface area contributed by atoms with E-state index in [0.717, 1.165) is 6.42 Å². The molecule has 0 saturated carbocycles. The minimum absolute atomic E-state index is 0. The number of fused-ring (bicyclic) bond motifs is 1. The van der Waals surface area contributed by atoms with Crippen LogP contribution in [0.15, 0.2) is 97.1 Å². The predicted octanol–water partition coefficient (Wildman–Crippen LogP) is 2.25. The summed E-state index contributed by atoms with van der Waals surface area (Å²) in [6.45, 7) is 0.688. The third-order valence-corrected chi connectivity index (χ3v) is 6.28. The van der Waals surface area contributed by atoms with Crippen LogP contribution in [-0.4, -0.2) is 6.61 Å². The van der Waals surface area contributed by atoms with Gasteiger partial charge in [-0.25, -0.2) is 0 Å². The summed E-state index contributed by atoms with van der Waals surface area (Å²) < 4.78 is 6.41. The van der Waals surface area contributed by atoms with Gasteiger partial charge >= 0.3 is 18.9 Å². The van der Waals surface area contributed by atoms with E-state index in [1.807, 2.05) is 12.1 Å². The monoisotopic (exact) mass is 362 g/mol. The third-order valence-electron chi connectivity index (χ3n) is 4.32. The van der Waals surface area contributed by atoms with E-state index in [1.54, 1.807) is 0 Å². The Kier molecular flexibility index (Phi) is 7.28. The van der Waals surface area contributed by atoms with Crippen molar-refractivity contribution in [3.8, 4) is 0 Å². The average Bonchev–Trinajstić information content (AvgIpc) is 2.72. The second-order valence-corrected chi connectivity index (χ2v) is 8.01. The van der Waals surface area contributed by atoms with E-state index in [9.17, 15) is 0 Å². The maximum Gasteiger partial charge on any atom is 1.00 e. The van der Waals surface area contributed by atoms with Gasteiger partial charge in [-0.15, -0.1) is 0 Å².